The maximum Gasteiger partial charge on any atom is 0.139 e. The maximum atomic E-state index is 6.30. The van der Waals surface area contributed by atoms with Gasteiger partial charge in [0, 0.05) is 33.8 Å². The number of para-hydroxylation sites is 1. The number of hydrogen-bond donors (Lipinski definition) is 1. The first-order valence-corrected chi connectivity index (χ1v) is 9.12. The van der Waals surface area contributed by atoms with Crippen LogP contribution in [0.2, 0.25) is 0 Å². The topological polar surface area (TPSA) is 25.2 Å². The van der Waals surface area contributed by atoms with Crippen molar-refractivity contribution in [1.29, 1.82) is 0 Å². The van der Waals surface area contributed by atoms with Crippen molar-refractivity contribution in [3.8, 4) is 0 Å². The van der Waals surface area contributed by atoms with Crippen molar-refractivity contribution in [1.82, 2.24) is 0 Å². The molecule has 0 amide bonds. The molecule has 1 heterocycles. The molecule has 132 valence electrons. The number of fused-ring (bicyclic) bond motifs is 3. The van der Waals surface area contributed by atoms with E-state index in [2.05, 4.69) is 94.5 Å². The van der Waals surface area contributed by atoms with E-state index in [0.717, 1.165) is 27.9 Å². The highest BCUT2D eigenvalue weighted by Gasteiger charge is 2.20. The average Bonchev–Trinajstić information content (AvgIpc) is 2.90. The van der Waals surface area contributed by atoms with Gasteiger partial charge in [0.1, 0.15) is 11.2 Å². The summed E-state index contributed by atoms with van der Waals surface area (Å²) in [5, 5.41) is 5.86. The summed E-state index contributed by atoms with van der Waals surface area (Å²) < 4.78 is 6.30. The molecule has 0 spiro atoms. The van der Waals surface area contributed by atoms with Crippen molar-refractivity contribution < 1.29 is 4.42 Å². The summed E-state index contributed by atoms with van der Waals surface area (Å²) in [5.74, 6) is 0. The number of hydrogen-bond acceptors (Lipinski definition) is 2. The predicted molar refractivity (Wildman–Crippen MR) is 112 cm³/mol. The molecule has 4 aromatic rings. The summed E-state index contributed by atoms with van der Waals surface area (Å²) in [4.78, 5) is 0. The Balaban J connectivity index is 1.81. The van der Waals surface area contributed by atoms with Gasteiger partial charge in [0.25, 0.3) is 0 Å². The van der Waals surface area contributed by atoms with E-state index >= 15 is 0 Å². The number of furan rings is 1. The lowest BCUT2D eigenvalue weighted by atomic mass is 9.86. The van der Waals surface area contributed by atoms with E-state index in [1.807, 2.05) is 0 Å². The van der Waals surface area contributed by atoms with Crippen LogP contribution in [0.5, 0.6) is 0 Å². The third-order valence-electron chi connectivity index (χ3n) is 4.82. The van der Waals surface area contributed by atoms with Gasteiger partial charge in [-0.15, -0.1) is 0 Å². The third-order valence-corrected chi connectivity index (χ3v) is 4.82. The molecule has 1 N–H and O–H groups in total. The number of nitrogens with one attached hydrogen (secondary N) is 1. The van der Waals surface area contributed by atoms with Gasteiger partial charge in [-0.05, 0) is 54.7 Å². The lowest BCUT2D eigenvalue weighted by Crippen LogP contribution is -2.10. The first kappa shape index (κ1) is 16.7. The molecule has 0 saturated heterocycles. The Bertz CT molecular complexity index is 1090. The number of anilines is 2. The second-order valence-electron chi connectivity index (χ2n) is 8.25. The zero-order valence-electron chi connectivity index (χ0n) is 16.1. The van der Waals surface area contributed by atoms with Crippen LogP contribution in [0.15, 0.2) is 59.0 Å². The van der Waals surface area contributed by atoms with Crippen LogP contribution in [0.1, 0.15) is 37.5 Å². The lowest BCUT2D eigenvalue weighted by molar-refractivity contribution is 0.573. The molecular formula is C24H25NO. The van der Waals surface area contributed by atoms with E-state index in [9.17, 15) is 0 Å². The summed E-state index contributed by atoms with van der Waals surface area (Å²) in [7, 11) is 0. The fraction of sp³-hybridized carbons (Fsp3) is 0.250. The zero-order chi connectivity index (χ0) is 18.5. The van der Waals surface area contributed by atoms with Crippen LogP contribution in [0.4, 0.5) is 11.4 Å². The van der Waals surface area contributed by atoms with Crippen LogP contribution < -0.4 is 5.32 Å². The zero-order valence-corrected chi connectivity index (χ0v) is 16.1. The smallest absolute Gasteiger partial charge is 0.139 e. The highest BCUT2D eigenvalue weighted by molar-refractivity contribution is 6.07. The molecule has 4 rings (SSSR count). The molecule has 0 bridgehead atoms. The van der Waals surface area contributed by atoms with Gasteiger partial charge in [0.2, 0.25) is 0 Å². The minimum atomic E-state index is 0.0492. The summed E-state index contributed by atoms with van der Waals surface area (Å²) in [6.07, 6.45) is 0. The molecule has 0 radical (unpaired) electrons. The fourth-order valence-corrected chi connectivity index (χ4v) is 3.68. The van der Waals surface area contributed by atoms with E-state index in [-0.39, 0.29) is 5.41 Å². The van der Waals surface area contributed by atoms with Crippen LogP contribution in [-0.4, -0.2) is 0 Å². The molecule has 2 nitrogen and oxygen atoms in total. The van der Waals surface area contributed by atoms with E-state index in [0.29, 0.717) is 0 Å². The van der Waals surface area contributed by atoms with Gasteiger partial charge in [0.15, 0.2) is 0 Å². The minimum absolute atomic E-state index is 0.0492. The van der Waals surface area contributed by atoms with Crippen LogP contribution >= 0.6 is 0 Å². The Kier molecular flexibility index (Phi) is 3.80. The van der Waals surface area contributed by atoms with Gasteiger partial charge in [-0.25, -0.2) is 0 Å². The van der Waals surface area contributed by atoms with Crippen LogP contribution in [0, 0.1) is 13.8 Å². The van der Waals surface area contributed by atoms with E-state index in [4.69, 9.17) is 4.42 Å². The predicted octanol–water partition coefficient (Wildman–Crippen LogP) is 7.24. The Morgan fingerprint density at radius 3 is 2.19 bits per heavy atom. The van der Waals surface area contributed by atoms with Crippen molar-refractivity contribution in [2.24, 2.45) is 0 Å². The summed E-state index contributed by atoms with van der Waals surface area (Å²) in [6, 6.07) is 19.3. The summed E-state index contributed by atoms with van der Waals surface area (Å²) in [6.45, 7) is 10.9. The highest BCUT2D eigenvalue weighted by Crippen LogP contribution is 2.37. The van der Waals surface area contributed by atoms with Crippen LogP contribution in [0.25, 0.3) is 21.9 Å². The van der Waals surface area contributed by atoms with Gasteiger partial charge in [-0.3, -0.25) is 0 Å². The number of aryl methyl sites for hydroxylation is 2. The molecule has 0 atom stereocenters. The van der Waals surface area contributed by atoms with Crippen LogP contribution in [-0.2, 0) is 5.41 Å². The van der Waals surface area contributed by atoms with Crippen LogP contribution in [0.3, 0.4) is 0 Å². The Labute approximate surface area is 154 Å². The number of benzene rings is 3. The molecule has 0 saturated carbocycles. The molecule has 3 aromatic carbocycles. The summed E-state index contributed by atoms with van der Waals surface area (Å²) in [5.41, 5.74) is 7.87. The molecule has 2 heteroatoms. The Morgan fingerprint density at radius 2 is 1.50 bits per heavy atom. The van der Waals surface area contributed by atoms with Crippen molar-refractivity contribution >= 4 is 33.3 Å². The second kappa shape index (κ2) is 5.91. The molecule has 0 aliphatic carbocycles. The lowest BCUT2D eigenvalue weighted by Gasteiger charge is -2.18. The SMILES string of the molecule is Cc1cc(C)cc(Nc2ccc3c(c2)oc2c(C(C)(C)C)cccc23)c1. The van der Waals surface area contributed by atoms with Gasteiger partial charge < -0.3 is 9.73 Å². The van der Waals surface area contributed by atoms with Crippen molar-refractivity contribution in [3.63, 3.8) is 0 Å². The third kappa shape index (κ3) is 2.96. The quantitative estimate of drug-likeness (QED) is 0.415. The van der Waals surface area contributed by atoms with Crippen molar-refractivity contribution in [2.45, 2.75) is 40.0 Å². The fourth-order valence-electron chi connectivity index (χ4n) is 3.68. The molecular weight excluding hydrogens is 318 g/mol. The van der Waals surface area contributed by atoms with Gasteiger partial charge in [-0.1, -0.05) is 45.0 Å². The molecule has 1 aromatic heterocycles. The molecule has 26 heavy (non-hydrogen) atoms. The van der Waals surface area contributed by atoms with Crippen molar-refractivity contribution in [2.75, 3.05) is 5.32 Å². The van der Waals surface area contributed by atoms with Gasteiger partial charge in [-0.2, -0.15) is 0 Å². The van der Waals surface area contributed by atoms with E-state index in [1.54, 1.807) is 0 Å². The Morgan fingerprint density at radius 1 is 0.769 bits per heavy atom. The molecule has 0 aliphatic heterocycles. The van der Waals surface area contributed by atoms with Gasteiger partial charge in [0.05, 0.1) is 0 Å². The van der Waals surface area contributed by atoms with E-state index in [1.165, 1.54) is 22.1 Å². The standard InChI is InChI=1S/C24H25NO/c1-15-11-16(2)13-18(12-15)25-17-9-10-19-20-7-6-8-21(24(3,4)5)23(20)26-22(19)14-17/h6-14,25H,1-5H3. The Hall–Kier alpha value is -2.74. The monoisotopic (exact) mass is 343 g/mol. The minimum Gasteiger partial charge on any atom is -0.456 e. The molecule has 0 fully saturated rings. The molecule has 0 aliphatic rings. The van der Waals surface area contributed by atoms with E-state index < -0.39 is 0 Å². The first-order valence-electron chi connectivity index (χ1n) is 9.12. The maximum absolute atomic E-state index is 6.30. The summed E-state index contributed by atoms with van der Waals surface area (Å²) >= 11 is 0. The average molecular weight is 343 g/mol. The molecule has 0 unspecified atom stereocenters. The second-order valence-corrected chi connectivity index (χ2v) is 8.25. The van der Waals surface area contributed by atoms with Crippen molar-refractivity contribution in [3.05, 3.63) is 71.3 Å². The highest BCUT2D eigenvalue weighted by atomic mass is 16.3. The largest absolute Gasteiger partial charge is 0.456 e. The van der Waals surface area contributed by atoms with Gasteiger partial charge >= 0.3 is 0 Å². The number of rotatable bonds is 2. The normalized spacial score (nSPS) is 12.0. The first-order chi connectivity index (χ1) is 12.3.